The van der Waals surface area contributed by atoms with E-state index in [4.69, 9.17) is 5.73 Å². The van der Waals surface area contributed by atoms with Gasteiger partial charge in [-0.05, 0) is 30.5 Å². The summed E-state index contributed by atoms with van der Waals surface area (Å²) in [6, 6.07) is 6.87. The Morgan fingerprint density at radius 2 is 1.94 bits per heavy atom. The molecule has 0 amide bonds. The summed E-state index contributed by atoms with van der Waals surface area (Å²) in [7, 11) is -3.29. The molecule has 16 heavy (non-hydrogen) atoms. The summed E-state index contributed by atoms with van der Waals surface area (Å²) in [5.74, 6) is 0. The van der Waals surface area contributed by atoms with Gasteiger partial charge in [0.05, 0.1) is 4.90 Å². The minimum Gasteiger partial charge on any atom is -0.326 e. The van der Waals surface area contributed by atoms with E-state index in [9.17, 15) is 8.42 Å². The fourth-order valence-corrected chi connectivity index (χ4v) is 3.50. The van der Waals surface area contributed by atoms with E-state index in [0.717, 1.165) is 18.4 Å². The van der Waals surface area contributed by atoms with Crippen molar-refractivity contribution in [2.45, 2.75) is 24.3 Å². The molecule has 0 spiro atoms. The Bertz CT molecular complexity index is 465. The first kappa shape index (κ1) is 11.6. The summed E-state index contributed by atoms with van der Waals surface area (Å²) in [6.45, 7) is 1.63. The van der Waals surface area contributed by atoms with E-state index < -0.39 is 10.0 Å². The maximum Gasteiger partial charge on any atom is 0.243 e. The van der Waals surface area contributed by atoms with Gasteiger partial charge in [0.1, 0.15) is 0 Å². The van der Waals surface area contributed by atoms with Gasteiger partial charge in [-0.25, -0.2) is 8.42 Å². The molecule has 1 heterocycles. The molecule has 1 aliphatic heterocycles. The normalized spacial score (nSPS) is 17.8. The molecule has 5 heteroatoms. The lowest BCUT2D eigenvalue weighted by molar-refractivity contribution is 0.477. The van der Waals surface area contributed by atoms with Gasteiger partial charge in [-0.1, -0.05) is 12.1 Å². The smallest absolute Gasteiger partial charge is 0.243 e. The lowest BCUT2D eigenvalue weighted by atomic mass is 10.2. The van der Waals surface area contributed by atoms with E-state index in [1.807, 2.05) is 6.07 Å². The van der Waals surface area contributed by atoms with Crippen molar-refractivity contribution in [1.29, 1.82) is 0 Å². The lowest BCUT2D eigenvalue weighted by Crippen LogP contribution is -2.27. The van der Waals surface area contributed by atoms with Crippen LogP contribution in [0, 0.1) is 0 Å². The summed E-state index contributed by atoms with van der Waals surface area (Å²) in [5, 5.41) is 0. The first-order valence-electron chi connectivity index (χ1n) is 5.44. The second kappa shape index (κ2) is 4.53. The van der Waals surface area contributed by atoms with Gasteiger partial charge in [-0.15, -0.1) is 0 Å². The van der Waals surface area contributed by atoms with Gasteiger partial charge in [0, 0.05) is 19.6 Å². The number of hydrogen-bond acceptors (Lipinski definition) is 3. The molecule has 1 aromatic rings. The van der Waals surface area contributed by atoms with Gasteiger partial charge in [-0.3, -0.25) is 0 Å². The predicted octanol–water partition coefficient (Wildman–Crippen LogP) is 0.930. The van der Waals surface area contributed by atoms with Crippen molar-refractivity contribution in [3.8, 4) is 0 Å². The van der Waals surface area contributed by atoms with Crippen molar-refractivity contribution in [3.05, 3.63) is 29.8 Å². The van der Waals surface area contributed by atoms with Crippen LogP contribution < -0.4 is 5.73 Å². The first-order chi connectivity index (χ1) is 7.64. The molecule has 0 atom stereocenters. The third kappa shape index (κ3) is 2.11. The Morgan fingerprint density at radius 3 is 2.56 bits per heavy atom. The maximum absolute atomic E-state index is 12.2. The molecule has 0 aliphatic carbocycles. The monoisotopic (exact) mass is 240 g/mol. The highest BCUT2D eigenvalue weighted by Crippen LogP contribution is 2.21. The zero-order valence-corrected chi connectivity index (χ0v) is 9.91. The van der Waals surface area contributed by atoms with Crippen LogP contribution >= 0.6 is 0 Å². The maximum atomic E-state index is 12.2. The molecule has 0 unspecified atom stereocenters. The van der Waals surface area contributed by atoms with Crippen molar-refractivity contribution in [3.63, 3.8) is 0 Å². The van der Waals surface area contributed by atoms with Crippen molar-refractivity contribution in [1.82, 2.24) is 4.31 Å². The topological polar surface area (TPSA) is 63.4 Å². The van der Waals surface area contributed by atoms with Gasteiger partial charge in [0.25, 0.3) is 0 Å². The number of sulfonamides is 1. The summed E-state index contributed by atoms with van der Waals surface area (Å²) in [5.41, 5.74) is 6.35. The zero-order valence-electron chi connectivity index (χ0n) is 9.09. The molecule has 2 rings (SSSR count). The second-order valence-electron chi connectivity index (χ2n) is 3.96. The summed E-state index contributed by atoms with van der Waals surface area (Å²) < 4.78 is 25.9. The van der Waals surface area contributed by atoms with Crippen LogP contribution in [0.25, 0.3) is 0 Å². The fraction of sp³-hybridized carbons (Fsp3) is 0.455. The standard InChI is InChI=1S/C11H16N2O2S/c12-9-10-4-3-5-11(8-10)16(14,15)13-6-1-2-7-13/h3-5,8H,1-2,6-7,9,12H2. The molecular formula is C11H16N2O2S. The lowest BCUT2D eigenvalue weighted by Gasteiger charge is -2.15. The number of hydrogen-bond donors (Lipinski definition) is 1. The van der Waals surface area contributed by atoms with Crippen LogP contribution in [-0.2, 0) is 16.6 Å². The van der Waals surface area contributed by atoms with Gasteiger partial charge >= 0.3 is 0 Å². The van der Waals surface area contributed by atoms with Crippen LogP contribution in [0.3, 0.4) is 0 Å². The third-order valence-corrected chi connectivity index (χ3v) is 4.73. The Morgan fingerprint density at radius 1 is 1.25 bits per heavy atom. The van der Waals surface area contributed by atoms with Gasteiger partial charge < -0.3 is 5.73 Å². The highest BCUT2D eigenvalue weighted by Gasteiger charge is 2.26. The van der Waals surface area contributed by atoms with Gasteiger partial charge in [-0.2, -0.15) is 4.31 Å². The predicted molar refractivity (Wildman–Crippen MR) is 62.3 cm³/mol. The molecule has 1 saturated heterocycles. The van der Waals surface area contributed by atoms with Crippen molar-refractivity contribution < 1.29 is 8.42 Å². The molecule has 4 nitrogen and oxygen atoms in total. The summed E-state index contributed by atoms with van der Waals surface area (Å²) in [6.07, 6.45) is 1.91. The number of benzene rings is 1. The van der Waals surface area contributed by atoms with Crippen molar-refractivity contribution >= 4 is 10.0 Å². The highest BCUT2D eigenvalue weighted by atomic mass is 32.2. The van der Waals surface area contributed by atoms with Crippen LogP contribution in [0.4, 0.5) is 0 Å². The molecule has 1 fully saturated rings. The third-order valence-electron chi connectivity index (χ3n) is 2.84. The number of nitrogens with zero attached hydrogens (tertiary/aromatic N) is 1. The first-order valence-corrected chi connectivity index (χ1v) is 6.88. The molecule has 0 saturated carbocycles. The Labute approximate surface area is 96.1 Å². The molecule has 1 aromatic carbocycles. The molecular weight excluding hydrogens is 224 g/mol. The van der Waals surface area contributed by atoms with Crippen molar-refractivity contribution in [2.75, 3.05) is 13.1 Å². The summed E-state index contributed by atoms with van der Waals surface area (Å²) in [4.78, 5) is 0.359. The zero-order chi connectivity index (χ0) is 11.6. The molecule has 2 N–H and O–H groups in total. The Kier molecular flexibility index (Phi) is 3.28. The molecule has 1 aliphatic rings. The number of rotatable bonds is 3. The van der Waals surface area contributed by atoms with Crippen LogP contribution in [0.2, 0.25) is 0 Å². The van der Waals surface area contributed by atoms with Crippen LogP contribution in [-0.4, -0.2) is 25.8 Å². The van der Waals surface area contributed by atoms with E-state index in [-0.39, 0.29) is 0 Å². The van der Waals surface area contributed by atoms with E-state index in [1.165, 1.54) is 0 Å². The molecule has 88 valence electrons. The van der Waals surface area contributed by atoms with E-state index >= 15 is 0 Å². The number of nitrogens with two attached hydrogens (primary N) is 1. The molecule has 0 bridgehead atoms. The van der Waals surface area contributed by atoms with E-state index in [1.54, 1.807) is 22.5 Å². The molecule has 0 aromatic heterocycles. The van der Waals surface area contributed by atoms with Crippen LogP contribution in [0.15, 0.2) is 29.2 Å². The SMILES string of the molecule is NCc1cccc(S(=O)(=O)N2CCCC2)c1. The molecule has 0 radical (unpaired) electrons. The minimum absolute atomic E-state index is 0.359. The second-order valence-corrected chi connectivity index (χ2v) is 5.90. The van der Waals surface area contributed by atoms with Crippen molar-refractivity contribution in [2.24, 2.45) is 5.73 Å². The van der Waals surface area contributed by atoms with Gasteiger partial charge in [0.15, 0.2) is 0 Å². The van der Waals surface area contributed by atoms with E-state index in [2.05, 4.69) is 0 Å². The average Bonchev–Trinajstić information content (AvgIpc) is 2.83. The largest absolute Gasteiger partial charge is 0.326 e. The van der Waals surface area contributed by atoms with Crippen LogP contribution in [0.1, 0.15) is 18.4 Å². The van der Waals surface area contributed by atoms with Gasteiger partial charge in [0.2, 0.25) is 10.0 Å². The van der Waals surface area contributed by atoms with E-state index in [0.29, 0.717) is 24.5 Å². The highest BCUT2D eigenvalue weighted by molar-refractivity contribution is 7.89. The Hall–Kier alpha value is -0.910. The average molecular weight is 240 g/mol. The Balaban J connectivity index is 2.34. The van der Waals surface area contributed by atoms with Crippen LogP contribution in [0.5, 0.6) is 0 Å². The minimum atomic E-state index is -3.29. The summed E-state index contributed by atoms with van der Waals surface area (Å²) >= 11 is 0. The fourth-order valence-electron chi connectivity index (χ4n) is 1.91. The quantitative estimate of drug-likeness (QED) is 0.855.